The summed E-state index contributed by atoms with van der Waals surface area (Å²) >= 11 is 0. The van der Waals surface area contributed by atoms with Gasteiger partial charge in [0.2, 0.25) is 0 Å². The number of nitriles is 1. The number of fused-ring (bicyclic) bond motifs is 1. The normalized spacial score (nSPS) is 16.0. The molecule has 1 aliphatic heterocycles. The number of hydrogen-bond acceptors (Lipinski definition) is 5. The first kappa shape index (κ1) is 14.6. The number of nitrogens with zero attached hydrogens (tertiary/aromatic N) is 3. The molecule has 1 aliphatic rings. The van der Waals surface area contributed by atoms with Crippen molar-refractivity contribution in [3.63, 3.8) is 0 Å². The van der Waals surface area contributed by atoms with Crippen molar-refractivity contribution < 1.29 is 4.42 Å². The fourth-order valence-corrected chi connectivity index (χ4v) is 2.90. The van der Waals surface area contributed by atoms with E-state index in [4.69, 9.17) is 4.42 Å². The van der Waals surface area contributed by atoms with Gasteiger partial charge in [-0.3, -0.25) is 0 Å². The number of rotatable bonds is 1. The highest BCUT2D eigenvalue weighted by Crippen LogP contribution is 2.31. The van der Waals surface area contributed by atoms with E-state index in [9.17, 15) is 10.1 Å². The molecule has 5 nitrogen and oxygen atoms in total. The van der Waals surface area contributed by atoms with Gasteiger partial charge in [-0.25, -0.2) is 4.79 Å². The predicted octanol–water partition coefficient (Wildman–Crippen LogP) is 2.03. The van der Waals surface area contributed by atoms with Crippen molar-refractivity contribution in [2.75, 3.05) is 38.1 Å². The summed E-state index contributed by atoms with van der Waals surface area (Å²) in [7, 11) is 2.08. The van der Waals surface area contributed by atoms with Crippen LogP contribution in [0.4, 0.5) is 5.69 Å². The van der Waals surface area contributed by atoms with Crippen LogP contribution in [0.15, 0.2) is 21.3 Å². The zero-order valence-electron chi connectivity index (χ0n) is 13.1. The maximum atomic E-state index is 12.2. The van der Waals surface area contributed by atoms with Gasteiger partial charge >= 0.3 is 5.63 Å². The van der Waals surface area contributed by atoms with Crippen LogP contribution in [0.3, 0.4) is 0 Å². The zero-order valence-corrected chi connectivity index (χ0v) is 13.1. The maximum Gasteiger partial charge on any atom is 0.356 e. The smallest absolute Gasteiger partial charge is 0.356 e. The number of aryl methyl sites for hydroxylation is 2. The van der Waals surface area contributed by atoms with E-state index in [1.54, 1.807) is 0 Å². The molecule has 1 saturated heterocycles. The fraction of sp³-hybridized carbons (Fsp3) is 0.412. The van der Waals surface area contributed by atoms with Gasteiger partial charge in [-0.15, -0.1) is 0 Å². The quantitative estimate of drug-likeness (QED) is 0.754. The second-order valence-corrected chi connectivity index (χ2v) is 5.95. The number of anilines is 1. The molecule has 114 valence electrons. The minimum Gasteiger partial charge on any atom is -0.422 e. The first-order chi connectivity index (χ1) is 10.5. The van der Waals surface area contributed by atoms with Crippen molar-refractivity contribution in [3.8, 4) is 6.07 Å². The molecule has 0 radical (unpaired) electrons. The van der Waals surface area contributed by atoms with E-state index < -0.39 is 5.63 Å². The lowest BCUT2D eigenvalue weighted by molar-refractivity contribution is 0.313. The highest BCUT2D eigenvalue weighted by molar-refractivity contribution is 5.94. The van der Waals surface area contributed by atoms with Crippen LogP contribution >= 0.6 is 0 Å². The Labute approximate surface area is 129 Å². The van der Waals surface area contributed by atoms with Gasteiger partial charge in [0.05, 0.1) is 5.69 Å². The third kappa shape index (κ3) is 2.36. The van der Waals surface area contributed by atoms with Crippen LogP contribution in [0, 0.1) is 25.2 Å². The molecule has 2 heterocycles. The topological polar surface area (TPSA) is 60.5 Å². The summed E-state index contributed by atoms with van der Waals surface area (Å²) in [4.78, 5) is 16.5. The molecular weight excluding hydrogens is 278 g/mol. The van der Waals surface area contributed by atoms with Crippen LogP contribution < -0.4 is 10.5 Å². The standard InChI is InChI=1S/C17H19N3O2/c1-11-8-13-15(9-12(11)2)22-17(21)14(10-18)16(13)20-6-4-19(3)5-7-20/h8-9H,4-7H2,1-3H3. The van der Waals surface area contributed by atoms with Crippen molar-refractivity contribution >= 4 is 16.7 Å². The molecule has 0 atom stereocenters. The monoisotopic (exact) mass is 297 g/mol. The lowest BCUT2D eigenvalue weighted by Gasteiger charge is -2.34. The van der Waals surface area contributed by atoms with E-state index in [0.717, 1.165) is 48.4 Å². The first-order valence-corrected chi connectivity index (χ1v) is 7.43. The Hall–Kier alpha value is -2.32. The predicted molar refractivity (Wildman–Crippen MR) is 86.4 cm³/mol. The molecule has 0 amide bonds. The lowest BCUT2D eigenvalue weighted by atomic mass is 10.0. The van der Waals surface area contributed by atoms with Crippen LogP contribution in [-0.2, 0) is 0 Å². The van der Waals surface area contributed by atoms with E-state index in [0.29, 0.717) is 5.58 Å². The van der Waals surface area contributed by atoms with E-state index >= 15 is 0 Å². The molecule has 0 unspecified atom stereocenters. The molecule has 0 aliphatic carbocycles. The molecule has 2 aromatic rings. The third-order valence-corrected chi connectivity index (χ3v) is 4.43. The molecule has 22 heavy (non-hydrogen) atoms. The SMILES string of the molecule is Cc1cc2oc(=O)c(C#N)c(N3CCN(C)CC3)c2cc1C. The third-order valence-electron chi connectivity index (χ3n) is 4.43. The minimum absolute atomic E-state index is 0.111. The Morgan fingerprint density at radius 2 is 1.77 bits per heavy atom. The van der Waals surface area contributed by atoms with Gasteiger partial charge < -0.3 is 14.2 Å². The molecule has 0 bridgehead atoms. The first-order valence-electron chi connectivity index (χ1n) is 7.43. The molecule has 1 aromatic carbocycles. The van der Waals surface area contributed by atoms with Crippen LogP contribution in [-0.4, -0.2) is 38.1 Å². The van der Waals surface area contributed by atoms with Gasteiger partial charge in [0.1, 0.15) is 11.7 Å². The van der Waals surface area contributed by atoms with E-state index in [1.165, 1.54) is 0 Å². The number of piperazine rings is 1. The van der Waals surface area contributed by atoms with Crippen LogP contribution in [0.5, 0.6) is 0 Å². The maximum absolute atomic E-state index is 12.2. The Morgan fingerprint density at radius 3 is 2.41 bits per heavy atom. The van der Waals surface area contributed by atoms with Crippen LogP contribution in [0.1, 0.15) is 16.7 Å². The zero-order chi connectivity index (χ0) is 15.9. The van der Waals surface area contributed by atoms with Crippen molar-refractivity contribution in [2.24, 2.45) is 0 Å². The summed E-state index contributed by atoms with van der Waals surface area (Å²) in [5.41, 5.74) is 3.05. The molecule has 5 heteroatoms. The van der Waals surface area contributed by atoms with Crippen LogP contribution in [0.25, 0.3) is 11.0 Å². The second kappa shape index (κ2) is 5.47. The summed E-state index contributed by atoms with van der Waals surface area (Å²) < 4.78 is 5.36. The number of likely N-dealkylation sites (N-methyl/N-ethyl adjacent to an activating group) is 1. The molecule has 1 fully saturated rings. The highest BCUT2D eigenvalue weighted by atomic mass is 16.4. The Morgan fingerprint density at radius 1 is 1.14 bits per heavy atom. The summed E-state index contributed by atoms with van der Waals surface area (Å²) in [6.07, 6.45) is 0. The van der Waals surface area contributed by atoms with E-state index in [-0.39, 0.29) is 5.56 Å². The molecule has 0 spiro atoms. The van der Waals surface area contributed by atoms with Gasteiger partial charge in [0.25, 0.3) is 0 Å². The summed E-state index contributed by atoms with van der Waals surface area (Å²) in [6.45, 7) is 7.45. The Bertz CT molecular complexity index is 824. The molecule has 3 rings (SSSR count). The Balaban J connectivity index is 2.27. The van der Waals surface area contributed by atoms with Crippen molar-refractivity contribution in [1.29, 1.82) is 5.26 Å². The average molecular weight is 297 g/mol. The van der Waals surface area contributed by atoms with Gasteiger partial charge in [0, 0.05) is 31.6 Å². The van der Waals surface area contributed by atoms with Crippen molar-refractivity contribution in [2.45, 2.75) is 13.8 Å². The summed E-state index contributed by atoms with van der Waals surface area (Å²) in [5.74, 6) is 0. The van der Waals surface area contributed by atoms with E-state index in [1.807, 2.05) is 32.0 Å². The van der Waals surface area contributed by atoms with Gasteiger partial charge in [-0.1, -0.05) is 0 Å². The van der Waals surface area contributed by atoms with Crippen molar-refractivity contribution in [3.05, 3.63) is 39.2 Å². The minimum atomic E-state index is -0.549. The molecule has 1 aromatic heterocycles. The Kier molecular flexibility index (Phi) is 3.63. The average Bonchev–Trinajstić information content (AvgIpc) is 2.49. The van der Waals surface area contributed by atoms with Gasteiger partial charge in [0.15, 0.2) is 5.56 Å². The highest BCUT2D eigenvalue weighted by Gasteiger charge is 2.23. The molecule has 0 N–H and O–H groups in total. The summed E-state index contributed by atoms with van der Waals surface area (Å²) in [5, 5.41) is 10.3. The van der Waals surface area contributed by atoms with Crippen molar-refractivity contribution in [1.82, 2.24) is 4.90 Å². The second-order valence-electron chi connectivity index (χ2n) is 5.95. The fourth-order valence-electron chi connectivity index (χ4n) is 2.90. The van der Waals surface area contributed by atoms with Gasteiger partial charge in [-0.2, -0.15) is 5.26 Å². The van der Waals surface area contributed by atoms with Crippen LogP contribution in [0.2, 0.25) is 0 Å². The number of hydrogen-bond donors (Lipinski definition) is 0. The lowest BCUT2D eigenvalue weighted by Crippen LogP contribution is -2.45. The van der Waals surface area contributed by atoms with Gasteiger partial charge in [-0.05, 0) is 44.2 Å². The number of benzene rings is 1. The molecular formula is C17H19N3O2. The van der Waals surface area contributed by atoms with E-state index in [2.05, 4.69) is 16.8 Å². The summed E-state index contributed by atoms with van der Waals surface area (Å²) in [6, 6.07) is 5.93. The largest absolute Gasteiger partial charge is 0.422 e. The molecule has 0 saturated carbocycles.